The number of phenolic OH excluding ortho intramolecular Hbond substituents is 1. The van der Waals surface area contributed by atoms with Crippen molar-refractivity contribution in [3.05, 3.63) is 57.1 Å². The lowest BCUT2D eigenvalue weighted by atomic mass is 9.87. The van der Waals surface area contributed by atoms with Crippen LogP contribution in [0.4, 0.5) is 0 Å². The number of ether oxygens (including phenoxy) is 1. The predicted octanol–water partition coefficient (Wildman–Crippen LogP) is 8.08. The number of halogens is 1. The summed E-state index contributed by atoms with van der Waals surface area (Å²) in [4.78, 5) is 12.6. The summed E-state index contributed by atoms with van der Waals surface area (Å²) in [6.45, 7) is 10.7. The third-order valence-corrected chi connectivity index (χ3v) is 6.09. The van der Waals surface area contributed by atoms with Crippen LogP contribution in [0.5, 0.6) is 11.5 Å². The van der Waals surface area contributed by atoms with Crippen LogP contribution in [0.2, 0.25) is 0 Å². The van der Waals surface area contributed by atoms with E-state index in [4.69, 9.17) is 4.74 Å². The zero-order valence-corrected chi connectivity index (χ0v) is 20.6. The number of benzene rings is 1. The fourth-order valence-electron chi connectivity index (χ4n) is 3.71. The van der Waals surface area contributed by atoms with E-state index in [1.807, 2.05) is 6.92 Å². The van der Waals surface area contributed by atoms with Crippen molar-refractivity contribution in [1.29, 1.82) is 0 Å². The van der Waals surface area contributed by atoms with E-state index < -0.39 is 5.60 Å². The van der Waals surface area contributed by atoms with Gasteiger partial charge in [-0.25, -0.2) is 0 Å². The summed E-state index contributed by atoms with van der Waals surface area (Å²) in [6, 6.07) is 3.05. The Morgan fingerprint density at radius 2 is 1.67 bits per heavy atom. The van der Waals surface area contributed by atoms with E-state index in [0.717, 1.165) is 38.5 Å². The maximum Gasteiger partial charge on any atom is 0.170 e. The summed E-state index contributed by atoms with van der Waals surface area (Å²) in [5.41, 5.74) is 4.14. The largest absolute Gasteiger partial charge is 0.508 e. The highest BCUT2D eigenvalue weighted by molar-refractivity contribution is 9.10. The van der Waals surface area contributed by atoms with Crippen molar-refractivity contribution < 1.29 is 14.6 Å². The fraction of sp³-hybridized carbons (Fsp3) is 0.500. The number of rotatable bonds is 9. The highest BCUT2D eigenvalue weighted by Crippen LogP contribution is 2.42. The minimum atomic E-state index is -0.526. The molecular weight excluding hydrogens is 440 g/mol. The standard InChI is InChI=1S/C26H35BrO3/c1-18(2)9-6-10-19(3)11-7-12-20(4)13-8-14-26(5)17-24(29)22-15-21(28)16-23(27)25(22)30-26/h9,11,13,15-16,28H,6-8,10,12,14,17H2,1-5H3/b19-11+,20-13+. The molecule has 3 nitrogen and oxygen atoms in total. The molecule has 0 aromatic heterocycles. The molecule has 2 rings (SSSR count). The minimum absolute atomic E-state index is 0.0183. The smallest absolute Gasteiger partial charge is 0.170 e. The van der Waals surface area contributed by atoms with Gasteiger partial charge in [0.15, 0.2) is 5.78 Å². The van der Waals surface area contributed by atoms with Crippen molar-refractivity contribution >= 4 is 21.7 Å². The monoisotopic (exact) mass is 474 g/mol. The van der Waals surface area contributed by atoms with Gasteiger partial charge in [-0.05, 0) is 101 Å². The Bertz CT molecular complexity index is 859. The second-order valence-corrected chi connectivity index (χ2v) is 9.81. The van der Waals surface area contributed by atoms with Gasteiger partial charge in [-0.15, -0.1) is 0 Å². The van der Waals surface area contributed by atoms with E-state index in [1.54, 1.807) is 6.07 Å². The molecule has 0 spiro atoms. The summed E-state index contributed by atoms with van der Waals surface area (Å²) < 4.78 is 6.82. The molecule has 0 saturated heterocycles. The predicted molar refractivity (Wildman–Crippen MR) is 128 cm³/mol. The molecule has 30 heavy (non-hydrogen) atoms. The average Bonchev–Trinajstić information content (AvgIpc) is 2.62. The molecule has 1 heterocycles. The zero-order valence-electron chi connectivity index (χ0n) is 19.0. The van der Waals surface area contributed by atoms with Gasteiger partial charge in [-0.3, -0.25) is 4.79 Å². The van der Waals surface area contributed by atoms with Crippen LogP contribution in [-0.2, 0) is 0 Å². The molecule has 0 saturated carbocycles. The first-order chi connectivity index (χ1) is 14.1. The summed E-state index contributed by atoms with van der Waals surface area (Å²) in [6.07, 6.45) is 13.3. The normalized spacial score (nSPS) is 19.3. The number of ketones is 1. The van der Waals surface area contributed by atoms with Crippen molar-refractivity contribution in [2.75, 3.05) is 0 Å². The lowest BCUT2D eigenvalue weighted by molar-refractivity contribution is 0.0468. The van der Waals surface area contributed by atoms with E-state index in [9.17, 15) is 9.90 Å². The average molecular weight is 475 g/mol. The molecule has 4 heteroatoms. The minimum Gasteiger partial charge on any atom is -0.508 e. The molecule has 0 fully saturated rings. The van der Waals surface area contributed by atoms with Crippen molar-refractivity contribution in [3.63, 3.8) is 0 Å². The van der Waals surface area contributed by atoms with Crippen molar-refractivity contribution in [2.24, 2.45) is 0 Å². The number of Topliss-reactive ketones (excluding diaryl/α,β-unsaturated/α-hetero) is 1. The molecule has 1 aliphatic heterocycles. The molecule has 1 unspecified atom stereocenters. The SMILES string of the molecule is CC(C)=CCC/C(C)=C/CC/C(C)=C/CCC1(C)CC(=O)c2cc(O)cc(Br)c2O1. The number of hydrogen-bond acceptors (Lipinski definition) is 3. The Balaban J connectivity index is 1.85. The lowest BCUT2D eigenvalue weighted by Gasteiger charge is -2.35. The van der Waals surface area contributed by atoms with Crippen LogP contribution in [0.15, 0.2) is 51.6 Å². The molecule has 1 atom stereocenters. The second-order valence-electron chi connectivity index (χ2n) is 8.95. The summed E-state index contributed by atoms with van der Waals surface area (Å²) in [7, 11) is 0. The van der Waals surface area contributed by atoms with Crippen molar-refractivity contribution in [2.45, 2.75) is 85.2 Å². The maximum atomic E-state index is 12.6. The maximum absolute atomic E-state index is 12.6. The van der Waals surface area contributed by atoms with Crippen molar-refractivity contribution in [3.8, 4) is 11.5 Å². The van der Waals surface area contributed by atoms with Gasteiger partial charge >= 0.3 is 0 Å². The van der Waals surface area contributed by atoms with Gasteiger partial charge in [-0.1, -0.05) is 34.9 Å². The van der Waals surface area contributed by atoms with Crippen LogP contribution in [0, 0.1) is 0 Å². The van der Waals surface area contributed by atoms with Gasteiger partial charge in [0, 0.05) is 0 Å². The lowest BCUT2D eigenvalue weighted by Crippen LogP contribution is -2.39. The highest BCUT2D eigenvalue weighted by Gasteiger charge is 2.37. The molecule has 0 amide bonds. The molecule has 0 radical (unpaired) electrons. The summed E-state index contributed by atoms with van der Waals surface area (Å²) in [5, 5.41) is 9.74. The van der Waals surface area contributed by atoms with Gasteiger partial charge in [0.05, 0.1) is 16.5 Å². The number of aromatic hydroxyl groups is 1. The molecule has 1 aromatic carbocycles. The Labute approximate surface area is 190 Å². The van der Waals surface area contributed by atoms with Crippen LogP contribution in [0.1, 0.15) is 89.9 Å². The van der Waals surface area contributed by atoms with Crippen LogP contribution in [-0.4, -0.2) is 16.5 Å². The Morgan fingerprint density at radius 1 is 1.07 bits per heavy atom. The van der Waals surface area contributed by atoms with Gasteiger partial charge in [0.25, 0.3) is 0 Å². The number of allylic oxidation sites excluding steroid dienone is 6. The van der Waals surface area contributed by atoms with Gasteiger partial charge < -0.3 is 9.84 Å². The topological polar surface area (TPSA) is 46.5 Å². The number of phenols is 1. The first-order valence-electron chi connectivity index (χ1n) is 10.8. The molecule has 1 aromatic rings. The molecule has 164 valence electrons. The number of carbonyl (C=O) groups is 1. The zero-order chi connectivity index (χ0) is 22.3. The Hall–Kier alpha value is -1.81. The van der Waals surface area contributed by atoms with Gasteiger partial charge in [0.1, 0.15) is 17.1 Å². The second kappa shape index (κ2) is 11.0. The number of hydrogen-bond donors (Lipinski definition) is 1. The van der Waals surface area contributed by atoms with E-state index in [1.165, 1.54) is 22.8 Å². The van der Waals surface area contributed by atoms with E-state index in [-0.39, 0.29) is 11.5 Å². The third kappa shape index (κ3) is 7.46. The highest BCUT2D eigenvalue weighted by atomic mass is 79.9. The molecule has 1 N–H and O–H groups in total. The van der Waals surface area contributed by atoms with Crippen molar-refractivity contribution in [1.82, 2.24) is 0 Å². The van der Waals surface area contributed by atoms with Crippen LogP contribution < -0.4 is 4.74 Å². The molecular formula is C26H35BrO3. The Morgan fingerprint density at radius 3 is 2.30 bits per heavy atom. The number of fused-ring (bicyclic) bond motifs is 1. The quantitative estimate of drug-likeness (QED) is 0.367. The fourth-order valence-corrected chi connectivity index (χ4v) is 4.24. The Kier molecular flexibility index (Phi) is 8.96. The van der Waals surface area contributed by atoms with Crippen LogP contribution in [0.3, 0.4) is 0 Å². The third-order valence-electron chi connectivity index (χ3n) is 5.50. The molecule has 0 aliphatic carbocycles. The van der Waals surface area contributed by atoms with E-state index in [0.29, 0.717) is 22.2 Å². The van der Waals surface area contributed by atoms with E-state index >= 15 is 0 Å². The summed E-state index contributed by atoms with van der Waals surface area (Å²) >= 11 is 3.41. The number of carbonyl (C=O) groups excluding carboxylic acids is 1. The van der Waals surface area contributed by atoms with Crippen LogP contribution >= 0.6 is 15.9 Å². The molecule has 1 aliphatic rings. The molecule has 0 bridgehead atoms. The summed E-state index contributed by atoms with van der Waals surface area (Å²) in [5.74, 6) is 0.631. The van der Waals surface area contributed by atoms with Gasteiger partial charge in [0.2, 0.25) is 0 Å². The first kappa shape index (κ1) is 24.5. The van der Waals surface area contributed by atoms with E-state index in [2.05, 4.69) is 61.9 Å². The first-order valence-corrected chi connectivity index (χ1v) is 11.6. The van der Waals surface area contributed by atoms with Gasteiger partial charge in [-0.2, -0.15) is 0 Å². The van der Waals surface area contributed by atoms with Crippen LogP contribution in [0.25, 0.3) is 0 Å².